The maximum absolute atomic E-state index is 11.9. The molecule has 0 aliphatic carbocycles. The summed E-state index contributed by atoms with van der Waals surface area (Å²) in [5.41, 5.74) is 2.64. The smallest absolute Gasteiger partial charge is 0.258 e. The number of hydrogen-bond donors (Lipinski definition) is 2. The van der Waals surface area contributed by atoms with Crippen LogP contribution in [0.2, 0.25) is 0 Å². The summed E-state index contributed by atoms with van der Waals surface area (Å²) >= 11 is 0. The van der Waals surface area contributed by atoms with Crippen molar-refractivity contribution in [2.24, 2.45) is 7.05 Å². The minimum absolute atomic E-state index is 0.104. The summed E-state index contributed by atoms with van der Waals surface area (Å²) in [5, 5.41) is 9.43. The van der Waals surface area contributed by atoms with Gasteiger partial charge in [0.05, 0.1) is 11.8 Å². The fourth-order valence-corrected chi connectivity index (χ4v) is 2.03. The predicted molar refractivity (Wildman–Crippen MR) is 68.8 cm³/mol. The second-order valence-electron chi connectivity index (χ2n) is 4.41. The molecule has 2 heterocycles. The van der Waals surface area contributed by atoms with Gasteiger partial charge in [-0.25, -0.2) is 0 Å². The van der Waals surface area contributed by atoms with Crippen molar-refractivity contribution < 1.29 is 9.59 Å². The molecular weight excluding hydrogens is 244 g/mol. The molecule has 0 spiro atoms. The first kappa shape index (κ1) is 11.5. The fourth-order valence-electron chi connectivity index (χ4n) is 2.03. The van der Waals surface area contributed by atoms with Crippen LogP contribution >= 0.6 is 0 Å². The zero-order valence-electron chi connectivity index (χ0n) is 10.3. The van der Waals surface area contributed by atoms with Gasteiger partial charge >= 0.3 is 0 Å². The van der Waals surface area contributed by atoms with E-state index >= 15 is 0 Å². The molecule has 0 atom stereocenters. The number of rotatable bonds is 2. The summed E-state index contributed by atoms with van der Waals surface area (Å²) in [6.45, 7) is 0.547. The summed E-state index contributed by atoms with van der Waals surface area (Å²) in [7, 11) is 1.75. The van der Waals surface area contributed by atoms with Crippen LogP contribution in [0.4, 0.5) is 5.69 Å². The number of hydrogen-bond acceptors (Lipinski definition) is 3. The number of aryl methyl sites for hydroxylation is 1. The third-order valence-corrected chi connectivity index (χ3v) is 3.02. The average molecular weight is 256 g/mol. The summed E-state index contributed by atoms with van der Waals surface area (Å²) in [5.74, 6) is -0.348. The number of carbonyl (C=O) groups excluding carboxylic acids is 2. The number of carbonyl (C=O) groups is 2. The van der Waals surface area contributed by atoms with Crippen LogP contribution in [0.5, 0.6) is 0 Å². The molecule has 0 unspecified atom stereocenters. The molecule has 1 aliphatic heterocycles. The van der Waals surface area contributed by atoms with Crippen LogP contribution in [-0.4, -0.2) is 21.6 Å². The van der Waals surface area contributed by atoms with E-state index in [-0.39, 0.29) is 11.8 Å². The normalized spacial score (nSPS) is 13.0. The second-order valence-corrected chi connectivity index (χ2v) is 4.41. The maximum Gasteiger partial charge on any atom is 0.258 e. The van der Waals surface area contributed by atoms with Crippen LogP contribution in [0, 0.1) is 0 Å². The van der Waals surface area contributed by atoms with Crippen molar-refractivity contribution in [2.75, 3.05) is 5.32 Å². The van der Waals surface area contributed by atoms with Gasteiger partial charge in [-0.15, -0.1) is 0 Å². The first-order valence-electron chi connectivity index (χ1n) is 5.84. The molecule has 0 bridgehead atoms. The molecule has 2 N–H and O–H groups in total. The molecule has 2 amide bonds. The summed E-state index contributed by atoms with van der Waals surface area (Å²) in [6, 6.07) is 5.31. The van der Waals surface area contributed by atoms with Crippen molar-refractivity contribution in [3.05, 3.63) is 47.3 Å². The first-order valence-corrected chi connectivity index (χ1v) is 5.84. The fraction of sp³-hybridized carbons (Fsp3) is 0.154. The standard InChI is InChI=1S/C13H12N4O2/c1-17-7-9(6-15-17)12(18)16-10-3-2-8-5-14-13(19)11(8)4-10/h2-4,6-7H,5H2,1H3,(H,14,19)(H,16,18). The number of fused-ring (bicyclic) bond motifs is 1. The van der Waals surface area contributed by atoms with E-state index in [1.54, 1.807) is 30.1 Å². The minimum Gasteiger partial charge on any atom is -0.348 e. The van der Waals surface area contributed by atoms with Crippen molar-refractivity contribution in [1.82, 2.24) is 15.1 Å². The molecule has 6 nitrogen and oxygen atoms in total. The van der Waals surface area contributed by atoms with Gasteiger partial charge in [0, 0.05) is 31.0 Å². The molecule has 2 aromatic rings. The zero-order valence-corrected chi connectivity index (χ0v) is 10.3. The summed E-state index contributed by atoms with van der Waals surface area (Å²) in [4.78, 5) is 23.5. The molecule has 19 heavy (non-hydrogen) atoms. The van der Waals surface area contributed by atoms with Gasteiger partial charge < -0.3 is 10.6 Å². The van der Waals surface area contributed by atoms with E-state index in [0.717, 1.165) is 5.56 Å². The van der Waals surface area contributed by atoms with Gasteiger partial charge in [0.1, 0.15) is 0 Å². The molecule has 1 aromatic heterocycles. The lowest BCUT2D eigenvalue weighted by Crippen LogP contribution is -2.13. The van der Waals surface area contributed by atoms with Crippen molar-refractivity contribution in [3.8, 4) is 0 Å². The summed E-state index contributed by atoms with van der Waals surface area (Å²) < 4.78 is 1.56. The lowest BCUT2D eigenvalue weighted by atomic mass is 10.1. The van der Waals surface area contributed by atoms with E-state index in [1.807, 2.05) is 6.07 Å². The van der Waals surface area contributed by atoms with Gasteiger partial charge in [0.25, 0.3) is 11.8 Å². The van der Waals surface area contributed by atoms with Crippen LogP contribution in [0.25, 0.3) is 0 Å². The van der Waals surface area contributed by atoms with Crippen molar-refractivity contribution in [2.45, 2.75) is 6.54 Å². The molecule has 1 aliphatic rings. The van der Waals surface area contributed by atoms with Crippen molar-refractivity contribution in [1.29, 1.82) is 0 Å². The van der Waals surface area contributed by atoms with Gasteiger partial charge in [-0.2, -0.15) is 5.10 Å². The van der Waals surface area contributed by atoms with Crippen LogP contribution in [0.3, 0.4) is 0 Å². The molecule has 1 aromatic carbocycles. The second kappa shape index (κ2) is 4.24. The molecule has 0 saturated carbocycles. The van der Waals surface area contributed by atoms with Crippen LogP contribution < -0.4 is 10.6 Å². The van der Waals surface area contributed by atoms with E-state index < -0.39 is 0 Å². The third-order valence-electron chi connectivity index (χ3n) is 3.02. The van der Waals surface area contributed by atoms with Crippen molar-refractivity contribution in [3.63, 3.8) is 0 Å². The highest BCUT2D eigenvalue weighted by atomic mass is 16.2. The number of anilines is 1. The summed E-state index contributed by atoms with van der Waals surface area (Å²) in [6.07, 6.45) is 3.13. The van der Waals surface area contributed by atoms with E-state index in [4.69, 9.17) is 0 Å². The number of nitrogens with zero attached hydrogens (tertiary/aromatic N) is 2. The van der Waals surface area contributed by atoms with Crippen LogP contribution in [0.15, 0.2) is 30.6 Å². The number of aromatic nitrogens is 2. The van der Waals surface area contributed by atoms with Crippen molar-refractivity contribution >= 4 is 17.5 Å². The zero-order chi connectivity index (χ0) is 13.4. The third kappa shape index (κ3) is 2.08. The van der Waals surface area contributed by atoms with E-state index in [0.29, 0.717) is 23.4 Å². The first-order chi connectivity index (χ1) is 9.13. The number of benzene rings is 1. The Morgan fingerprint density at radius 3 is 3.05 bits per heavy atom. The lowest BCUT2D eigenvalue weighted by molar-refractivity contribution is 0.0964. The minimum atomic E-state index is -0.244. The van der Waals surface area contributed by atoms with Crippen LogP contribution in [-0.2, 0) is 13.6 Å². The number of amides is 2. The van der Waals surface area contributed by atoms with E-state index in [1.165, 1.54) is 6.20 Å². The van der Waals surface area contributed by atoms with Gasteiger partial charge in [0.2, 0.25) is 0 Å². The number of nitrogens with one attached hydrogen (secondary N) is 2. The average Bonchev–Trinajstić information content (AvgIpc) is 2.97. The Bertz CT molecular complexity index is 675. The lowest BCUT2D eigenvalue weighted by Gasteiger charge is -2.05. The van der Waals surface area contributed by atoms with Crippen LogP contribution in [0.1, 0.15) is 26.3 Å². The Labute approximate surface area is 109 Å². The SMILES string of the molecule is Cn1cc(C(=O)Nc2ccc3c(c2)C(=O)NC3)cn1. The highest BCUT2D eigenvalue weighted by Crippen LogP contribution is 2.20. The molecule has 0 saturated heterocycles. The van der Waals surface area contributed by atoms with E-state index in [2.05, 4.69) is 15.7 Å². The molecule has 0 radical (unpaired) electrons. The highest BCUT2D eigenvalue weighted by Gasteiger charge is 2.19. The monoisotopic (exact) mass is 256 g/mol. The Hall–Kier alpha value is -2.63. The molecule has 96 valence electrons. The molecule has 0 fully saturated rings. The molecule has 6 heteroatoms. The quantitative estimate of drug-likeness (QED) is 0.838. The predicted octanol–water partition coefficient (Wildman–Crippen LogP) is 0.916. The van der Waals surface area contributed by atoms with Gasteiger partial charge in [-0.05, 0) is 17.7 Å². The largest absolute Gasteiger partial charge is 0.348 e. The van der Waals surface area contributed by atoms with Gasteiger partial charge in [0.15, 0.2) is 0 Å². The Balaban J connectivity index is 1.82. The Morgan fingerprint density at radius 1 is 1.47 bits per heavy atom. The van der Waals surface area contributed by atoms with E-state index in [9.17, 15) is 9.59 Å². The van der Waals surface area contributed by atoms with Gasteiger partial charge in [-0.3, -0.25) is 14.3 Å². The maximum atomic E-state index is 11.9. The molecular formula is C13H12N4O2. The Kier molecular flexibility index (Phi) is 2.56. The topological polar surface area (TPSA) is 76.0 Å². The van der Waals surface area contributed by atoms with Gasteiger partial charge in [-0.1, -0.05) is 6.07 Å². The molecule has 3 rings (SSSR count). The highest BCUT2D eigenvalue weighted by molar-refractivity contribution is 6.05. The Morgan fingerprint density at radius 2 is 2.32 bits per heavy atom.